The van der Waals surface area contributed by atoms with Crippen molar-refractivity contribution in [2.24, 2.45) is 0 Å². The first kappa shape index (κ1) is 13.0. The molecular weight excluding hydrogens is 248 g/mol. The normalized spacial score (nSPS) is 25.7. The fourth-order valence-corrected chi connectivity index (χ4v) is 1.12. The number of esters is 1. The van der Waals surface area contributed by atoms with E-state index in [-0.39, 0.29) is 0 Å². The highest BCUT2D eigenvalue weighted by molar-refractivity contribution is 5.78. The highest BCUT2D eigenvalue weighted by Crippen LogP contribution is 2.46. The second kappa shape index (κ2) is 3.48. The molecule has 0 unspecified atom stereocenters. The van der Waals surface area contributed by atoms with Gasteiger partial charge in [0.1, 0.15) is 6.04 Å². The Morgan fingerprint density at radius 2 is 1.69 bits per heavy atom. The van der Waals surface area contributed by atoms with Crippen molar-refractivity contribution in [2.75, 3.05) is 6.61 Å². The Labute approximate surface area is 84.2 Å². The molecule has 0 aromatic heterocycles. The number of rotatable bonds is 1. The van der Waals surface area contributed by atoms with Crippen LogP contribution >= 0.6 is 0 Å². The summed E-state index contributed by atoms with van der Waals surface area (Å²) in [6.07, 6.45) is -11.7. The molecule has 0 spiro atoms. The molecule has 0 aromatic rings. The summed E-state index contributed by atoms with van der Waals surface area (Å²) >= 11 is 0. The maximum Gasteiger partial charge on any atom is 0.452 e. The molecule has 1 saturated heterocycles. The summed E-state index contributed by atoms with van der Waals surface area (Å²) in [5, 5.41) is 9.31. The van der Waals surface area contributed by atoms with Crippen LogP contribution in [-0.2, 0) is 9.53 Å². The van der Waals surface area contributed by atoms with E-state index < -0.39 is 36.7 Å². The first-order valence-corrected chi connectivity index (χ1v) is 3.80. The number of aliphatic hydroxyl groups excluding tert-OH is 1. The van der Waals surface area contributed by atoms with Gasteiger partial charge in [-0.05, 0) is 0 Å². The van der Waals surface area contributed by atoms with Crippen molar-refractivity contribution in [1.29, 1.82) is 0 Å². The molecule has 1 atom stereocenters. The summed E-state index contributed by atoms with van der Waals surface area (Å²) < 4.78 is 76.8. The van der Waals surface area contributed by atoms with Gasteiger partial charge in [-0.15, -0.1) is 0 Å². The van der Waals surface area contributed by atoms with Crippen molar-refractivity contribution >= 4 is 5.97 Å². The number of hydrogen-bond acceptors (Lipinski definition) is 4. The standard InChI is InChI=1S/C6H5F6NO3/c7-5(8,9)4(6(10,11)12)13-2(1-14)3(15)16-4/h2,13-14H,1H2/t2-/m1/s1. The molecule has 1 aliphatic heterocycles. The van der Waals surface area contributed by atoms with Crippen LogP contribution in [0, 0.1) is 0 Å². The molecule has 1 aliphatic rings. The molecule has 1 fully saturated rings. The van der Waals surface area contributed by atoms with Gasteiger partial charge in [0.05, 0.1) is 6.61 Å². The van der Waals surface area contributed by atoms with Crippen LogP contribution in [-0.4, -0.2) is 41.8 Å². The Balaban J connectivity index is 3.16. The van der Waals surface area contributed by atoms with Crippen LogP contribution < -0.4 is 5.32 Å². The number of nitrogens with one attached hydrogen (secondary N) is 1. The maximum atomic E-state index is 12.3. The van der Waals surface area contributed by atoms with E-state index in [9.17, 15) is 31.1 Å². The number of halogens is 6. The van der Waals surface area contributed by atoms with Crippen molar-refractivity contribution < 1.29 is 41.0 Å². The molecule has 4 nitrogen and oxygen atoms in total. The summed E-state index contributed by atoms with van der Waals surface area (Å²) in [6, 6.07) is -2.05. The topological polar surface area (TPSA) is 58.6 Å². The van der Waals surface area contributed by atoms with Gasteiger partial charge >= 0.3 is 24.0 Å². The fraction of sp³-hybridized carbons (Fsp3) is 0.833. The van der Waals surface area contributed by atoms with E-state index in [1.807, 2.05) is 0 Å². The molecule has 0 bridgehead atoms. The minimum atomic E-state index is -5.87. The van der Waals surface area contributed by atoms with Crippen LogP contribution in [0.2, 0.25) is 0 Å². The average molecular weight is 253 g/mol. The van der Waals surface area contributed by atoms with Gasteiger partial charge in [0.25, 0.3) is 0 Å². The lowest BCUT2D eigenvalue weighted by Gasteiger charge is -2.31. The lowest BCUT2D eigenvalue weighted by atomic mass is 10.2. The van der Waals surface area contributed by atoms with Crippen molar-refractivity contribution in [3.63, 3.8) is 0 Å². The number of carbonyl (C=O) groups excluding carboxylic acids is 1. The highest BCUT2D eigenvalue weighted by Gasteiger charge is 2.78. The molecule has 10 heteroatoms. The minimum absolute atomic E-state index is 0.912. The highest BCUT2D eigenvalue weighted by atomic mass is 19.4. The lowest BCUT2D eigenvalue weighted by Crippen LogP contribution is -2.65. The van der Waals surface area contributed by atoms with Gasteiger partial charge in [-0.3, -0.25) is 4.79 Å². The Hall–Kier alpha value is -1.03. The van der Waals surface area contributed by atoms with Crippen LogP contribution in [0.15, 0.2) is 0 Å². The molecule has 0 aliphatic carbocycles. The maximum absolute atomic E-state index is 12.3. The van der Waals surface area contributed by atoms with Crippen LogP contribution in [0.4, 0.5) is 26.3 Å². The largest absolute Gasteiger partial charge is 0.452 e. The molecule has 16 heavy (non-hydrogen) atoms. The molecular formula is C6H5F6NO3. The number of ether oxygens (including phenoxy) is 1. The zero-order chi connectivity index (χ0) is 12.8. The van der Waals surface area contributed by atoms with Crippen molar-refractivity contribution in [2.45, 2.75) is 24.1 Å². The molecule has 0 amide bonds. The SMILES string of the molecule is O=C1OC(C(F)(F)F)(C(F)(F)F)N[C@@H]1CO. The van der Waals surface area contributed by atoms with Crippen LogP contribution in [0.5, 0.6) is 0 Å². The van der Waals surface area contributed by atoms with E-state index in [0.29, 0.717) is 0 Å². The Kier molecular flexibility index (Phi) is 2.84. The monoisotopic (exact) mass is 253 g/mol. The number of hydrogen-bond donors (Lipinski definition) is 2. The Bertz CT molecular complexity index is 284. The number of aliphatic hydroxyl groups is 1. The van der Waals surface area contributed by atoms with Gasteiger partial charge in [-0.1, -0.05) is 0 Å². The fourth-order valence-electron chi connectivity index (χ4n) is 1.12. The predicted octanol–water partition coefficient (Wildman–Crippen LogP) is 0.315. The summed E-state index contributed by atoms with van der Waals surface area (Å²) in [5.41, 5.74) is -4.75. The van der Waals surface area contributed by atoms with E-state index >= 15 is 0 Å². The molecule has 1 rings (SSSR count). The number of cyclic esters (lactones) is 1. The van der Waals surface area contributed by atoms with Gasteiger partial charge in [-0.25, -0.2) is 5.32 Å². The first-order valence-electron chi connectivity index (χ1n) is 3.80. The van der Waals surface area contributed by atoms with Gasteiger partial charge in [0.2, 0.25) is 0 Å². The van der Waals surface area contributed by atoms with Crippen LogP contribution in [0.3, 0.4) is 0 Å². The zero-order valence-corrected chi connectivity index (χ0v) is 7.32. The Morgan fingerprint density at radius 3 is 1.88 bits per heavy atom. The average Bonchev–Trinajstić information content (AvgIpc) is 2.41. The lowest BCUT2D eigenvalue weighted by molar-refractivity contribution is -0.369. The third-order valence-corrected chi connectivity index (χ3v) is 1.90. The zero-order valence-electron chi connectivity index (χ0n) is 7.32. The van der Waals surface area contributed by atoms with E-state index in [2.05, 4.69) is 4.74 Å². The Morgan fingerprint density at radius 1 is 1.25 bits per heavy atom. The predicted molar refractivity (Wildman–Crippen MR) is 34.9 cm³/mol. The summed E-state index contributed by atoms with van der Waals surface area (Å²) in [7, 11) is 0. The van der Waals surface area contributed by atoms with Gasteiger partial charge in [0, 0.05) is 0 Å². The van der Waals surface area contributed by atoms with E-state index in [1.165, 1.54) is 0 Å². The second-order valence-corrected chi connectivity index (χ2v) is 2.98. The van der Waals surface area contributed by atoms with Gasteiger partial charge < -0.3 is 9.84 Å². The van der Waals surface area contributed by atoms with E-state index in [4.69, 9.17) is 5.11 Å². The smallest absolute Gasteiger partial charge is 0.424 e. The van der Waals surface area contributed by atoms with Crippen LogP contribution in [0.25, 0.3) is 0 Å². The van der Waals surface area contributed by atoms with Gasteiger partial charge in [-0.2, -0.15) is 26.3 Å². The number of alkyl halides is 6. The quantitative estimate of drug-likeness (QED) is 0.521. The molecule has 94 valence electrons. The third-order valence-electron chi connectivity index (χ3n) is 1.90. The molecule has 0 saturated carbocycles. The van der Waals surface area contributed by atoms with Crippen molar-refractivity contribution in [3.05, 3.63) is 0 Å². The molecule has 0 aromatic carbocycles. The van der Waals surface area contributed by atoms with E-state index in [0.717, 1.165) is 5.32 Å². The minimum Gasteiger partial charge on any atom is -0.424 e. The third kappa shape index (κ3) is 1.71. The van der Waals surface area contributed by atoms with Crippen molar-refractivity contribution in [3.8, 4) is 0 Å². The van der Waals surface area contributed by atoms with E-state index in [1.54, 1.807) is 0 Å². The molecule has 2 N–H and O–H groups in total. The second-order valence-electron chi connectivity index (χ2n) is 2.98. The summed E-state index contributed by atoms with van der Waals surface area (Å²) in [4.78, 5) is 10.7. The van der Waals surface area contributed by atoms with Crippen molar-refractivity contribution in [1.82, 2.24) is 5.32 Å². The molecule has 1 heterocycles. The molecule has 0 radical (unpaired) electrons. The van der Waals surface area contributed by atoms with Crippen LogP contribution in [0.1, 0.15) is 0 Å². The number of carbonyl (C=O) groups is 1. The summed E-state index contributed by atoms with van der Waals surface area (Å²) in [6.45, 7) is -1.23. The first-order chi connectivity index (χ1) is 7.05. The van der Waals surface area contributed by atoms with Gasteiger partial charge in [0.15, 0.2) is 0 Å². The summed E-state index contributed by atoms with van der Waals surface area (Å²) in [5.74, 6) is -1.81.